The highest BCUT2D eigenvalue weighted by molar-refractivity contribution is 6.05. The summed E-state index contributed by atoms with van der Waals surface area (Å²) in [6.45, 7) is 8.43. The van der Waals surface area contributed by atoms with E-state index in [1.807, 2.05) is 38.5 Å². The first-order valence-electron chi connectivity index (χ1n) is 9.26. The zero-order valence-electron chi connectivity index (χ0n) is 16.9. The fourth-order valence-electron chi connectivity index (χ4n) is 4.04. The maximum atomic E-state index is 13.9. The molecule has 3 aromatic rings. The molecule has 1 aromatic heterocycles. The molecule has 0 saturated carbocycles. The monoisotopic (exact) mass is 386 g/mol. The molecule has 5 heteroatoms. The third kappa shape index (κ3) is 2.45. The van der Waals surface area contributed by atoms with Crippen LogP contribution in [0.2, 0.25) is 0 Å². The fraction of sp³-hybridized carbons (Fsp3) is 0.348. The number of pyridine rings is 1. The molecule has 2 heterocycles. The molecule has 2 aromatic carbocycles. The molecular formula is C23H23F3NO+. The number of nitrogens with zero attached hydrogens (tertiary/aromatic N) is 1. The summed E-state index contributed by atoms with van der Waals surface area (Å²) in [4.78, 5) is 0. The van der Waals surface area contributed by atoms with Crippen LogP contribution in [-0.2, 0) is 12.5 Å². The Morgan fingerprint density at radius 3 is 2.32 bits per heavy atom. The van der Waals surface area contributed by atoms with E-state index in [2.05, 4.69) is 12.1 Å². The molecule has 0 aliphatic carbocycles. The van der Waals surface area contributed by atoms with Gasteiger partial charge in [-0.25, -0.2) is 0 Å². The first-order valence-corrected chi connectivity index (χ1v) is 9.26. The Kier molecular flexibility index (Phi) is 3.84. The number of halogens is 3. The highest BCUT2D eigenvalue weighted by Gasteiger charge is 2.51. The molecule has 0 fully saturated rings. The predicted octanol–water partition coefficient (Wildman–Crippen LogP) is 6.20. The van der Waals surface area contributed by atoms with Crippen molar-refractivity contribution in [1.29, 1.82) is 0 Å². The molecule has 0 atom stereocenters. The van der Waals surface area contributed by atoms with Gasteiger partial charge < -0.3 is 4.74 Å². The third-order valence-corrected chi connectivity index (χ3v) is 5.97. The molecule has 0 spiro atoms. The lowest BCUT2D eigenvalue weighted by atomic mass is 9.81. The standard InChI is InChI=1S/C23H23F3NO/c1-12-9-15-11-13(2)14(3)18-19(15)17(10-12)28-21-16(7-8-27(6)20(18)21)22(4,5)23(24,25)26/h7-11H,1-6H3/q+1. The highest BCUT2D eigenvalue weighted by atomic mass is 19.4. The molecule has 0 unspecified atom stereocenters. The van der Waals surface area contributed by atoms with Crippen LogP contribution in [-0.4, -0.2) is 6.18 Å². The largest absolute Gasteiger partial charge is 0.449 e. The van der Waals surface area contributed by atoms with Crippen LogP contribution in [0.15, 0.2) is 30.5 Å². The predicted molar refractivity (Wildman–Crippen MR) is 104 cm³/mol. The molecule has 0 amide bonds. The molecule has 2 nitrogen and oxygen atoms in total. The van der Waals surface area contributed by atoms with Crippen LogP contribution in [0.5, 0.6) is 11.5 Å². The van der Waals surface area contributed by atoms with Crippen LogP contribution in [0.25, 0.3) is 22.0 Å². The Labute approximate surface area is 162 Å². The molecule has 4 rings (SSSR count). The van der Waals surface area contributed by atoms with Gasteiger partial charge in [0.25, 0.3) is 5.69 Å². The van der Waals surface area contributed by atoms with Crippen LogP contribution in [0.3, 0.4) is 0 Å². The van der Waals surface area contributed by atoms with E-state index < -0.39 is 11.6 Å². The number of benzene rings is 2. The Bertz CT molecular complexity index is 1140. The molecule has 1 aliphatic rings. The normalized spacial score (nSPS) is 13.5. The molecular weight excluding hydrogens is 363 g/mol. The van der Waals surface area contributed by atoms with Crippen molar-refractivity contribution in [2.45, 2.75) is 46.2 Å². The number of fused-ring (bicyclic) bond motifs is 2. The van der Waals surface area contributed by atoms with Crippen LogP contribution >= 0.6 is 0 Å². The summed E-state index contributed by atoms with van der Waals surface area (Å²) in [5.74, 6) is 0.909. The van der Waals surface area contributed by atoms with E-state index >= 15 is 0 Å². The third-order valence-electron chi connectivity index (χ3n) is 5.97. The Morgan fingerprint density at radius 1 is 1.00 bits per heavy atom. The molecule has 0 bridgehead atoms. The minimum absolute atomic E-state index is 0.148. The lowest BCUT2D eigenvalue weighted by molar-refractivity contribution is -0.660. The first kappa shape index (κ1) is 18.8. The summed E-state index contributed by atoms with van der Waals surface area (Å²) in [5.41, 5.74) is 2.92. The quantitative estimate of drug-likeness (QED) is 0.355. The molecule has 0 radical (unpaired) electrons. The fourth-order valence-corrected chi connectivity index (χ4v) is 4.04. The van der Waals surface area contributed by atoms with Gasteiger partial charge >= 0.3 is 6.18 Å². The van der Waals surface area contributed by atoms with Gasteiger partial charge in [0, 0.05) is 17.0 Å². The average Bonchev–Trinajstić information content (AvgIpc) is 2.57. The van der Waals surface area contributed by atoms with Crippen LogP contribution in [0.4, 0.5) is 13.2 Å². The lowest BCUT2D eigenvalue weighted by Gasteiger charge is -2.31. The molecule has 0 N–H and O–H groups in total. The second-order valence-corrected chi connectivity index (χ2v) is 8.30. The summed E-state index contributed by atoms with van der Waals surface area (Å²) < 4.78 is 49.6. The van der Waals surface area contributed by atoms with Crippen LogP contribution in [0.1, 0.15) is 36.1 Å². The van der Waals surface area contributed by atoms with Gasteiger partial charge in [-0.15, -0.1) is 0 Å². The van der Waals surface area contributed by atoms with E-state index in [1.54, 1.807) is 6.20 Å². The van der Waals surface area contributed by atoms with Gasteiger partial charge in [-0.2, -0.15) is 17.7 Å². The number of aromatic nitrogens is 1. The topological polar surface area (TPSA) is 13.1 Å². The summed E-state index contributed by atoms with van der Waals surface area (Å²) >= 11 is 0. The van der Waals surface area contributed by atoms with Gasteiger partial charge in [0.05, 0.1) is 11.0 Å². The number of rotatable bonds is 1. The maximum Gasteiger partial charge on any atom is 0.398 e. The number of hydrogen-bond acceptors (Lipinski definition) is 1. The number of aryl methyl sites for hydroxylation is 3. The van der Waals surface area contributed by atoms with Crippen molar-refractivity contribution in [1.82, 2.24) is 0 Å². The van der Waals surface area contributed by atoms with Crippen molar-refractivity contribution in [3.63, 3.8) is 0 Å². The second-order valence-electron chi connectivity index (χ2n) is 8.30. The maximum absolute atomic E-state index is 13.9. The Morgan fingerprint density at radius 2 is 1.68 bits per heavy atom. The zero-order valence-corrected chi connectivity index (χ0v) is 16.9. The van der Waals surface area contributed by atoms with Crippen molar-refractivity contribution >= 4 is 10.8 Å². The average molecular weight is 386 g/mol. The Balaban J connectivity index is 2.17. The number of hydrogen-bond donors (Lipinski definition) is 0. The first-order chi connectivity index (χ1) is 12.9. The number of alkyl halides is 3. The van der Waals surface area contributed by atoms with Gasteiger partial charge in [-0.1, -0.05) is 12.1 Å². The molecule has 146 valence electrons. The summed E-state index contributed by atoms with van der Waals surface area (Å²) in [5, 5.41) is 2.00. The lowest BCUT2D eigenvalue weighted by Crippen LogP contribution is -2.39. The van der Waals surface area contributed by atoms with E-state index in [-0.39, 0.29) is 5.56 Å². The van der Waals surface area contributed by atoms with Crippen molar-refractivity contribution in [2.24, 2.45) is 7.05 Å². The van der Waals surface area contributed by atoms with Gasteiger partial charge in [0.15, 0.2) is 6.20 Å². The molecule has 28 heavy (non-hydrogen) atoms. The Hall–Kier alpha value is -2.56. The van der Waals surface area contributed by atoms with E-state index in [4.69, 9.17) is 4.74 Å². The number of ether oxygens (including phenoxy) is 1. The van der Waals surface area contributed by atoms with Gasteiger partial charge in [-0.3, -0.25) is 0 Å². The van der Waals surface area contributed by atoms with Crippen LogP contribution < -0.4 is 9.30 Å². The summed E-state index contributed by atoms with van der Waals surface area (Å²) in [7, 11) is 1.85. The summed E-state index contributed by atoms with van der Waals surface area (Å²) in [6, 6.07) is 7.63. The van der Waals surface area contributed by atoms with Crippen molar-refractivity contribution in [2.75, 3.05) is 0 Å². The SMILES string of the molecule is Cc1cc2c3c(c(C)c(C)cc3c1)-c1c(c(C(C)(C)C(F)(F)F)cc[n+]1C)O2. The molecule has 1 aliphatic heterocycles. The van der Waals surface area contributed by atoms with Crippen molar-refractivity contribution in [3.8, 4) is 22.8 Å². The van der Waals surface area contributed by atoms with Gasteiger partial charge in [0.2, 0.25) is 5.75 Å². The van der Waals surface area contributed by atoms with Gasteiger partial charge in [0.1, 0.15) is 12.8 Å². The smallest absolute Gasteiger partial charge is 0.398 e. The van der Waals surface area contributed by atoms with E-state index in [0.29, 0.717) is 17.2 Å². The van der Waals surface area contributed by atoms with E-state index in [1.165, 1.54) is 19.9 Å². The highest BCUT2D eigenvalue weighted by Crippen LogP contribution is 2.52. The minimum atomic E-state index is -4.39. The zero-order chi connectivity index (χ0) is 20.6. The van der Waals surface area contributed by atoms with Crippen molar-refractivity contribution < 1.29 is 22.5 Å². The van der Waals surface area contributed by atoms with E-state index in [9.17, 15) is 13.2 Å². The minimum Gasteiger partial charge on any atom is -0.449 e. The summed E-state index contributed by atoms with van der Waals surface area (Å²) in [6.07, 6.45) is -2.70. The van der Waals surface area contributed by atoms with E-state index in [0.717, 1.165) is 33.0 Å². The van der Waals surface area contributed by atoms with Gasteiger partial charge in [-0.05, 0) is 62.8 Å². The van der Waals surface area contributed by atoms with Crippen molar-refractivity contribution in [3.05, 3.63) is 52.7 Å². The second kappa shape index (κ2) is 5.72. The van der Waals surface area contributed by atoms with Crippen LogP contribution in [0, 0.1) is 20.8 Å². The molecule has 0 saturated heterocycles.